The first-order valence-corrected chi connectivity index (χ1v) is 3.79. The highest BCUT2D eigenvalue weighted by Gasteiger charge is 2.34. The first kappa shape index (κ1) is 8.50. The molecule has 1 aliphatic rings. The summed E-state index contributed by atoms with van der Waals surface area (Å²) in [7, 11) is 0. The lowest BCUT2D eigenvalue weighted by atomic mass is 10.2. The normalized spacial score (nSPS) is 37.2. The summed E-state index contributed by atoms with van der Waals surface area (Å²) in [5.74, 6) is 0. The van der Waals surface area contributed by atoms with Crippen LogP contribution < -0.4 is 5.32 Å². The average Bonchev–Trinajstić information content (AvgIpc) is 2.10. The third-order valence-corrected chi connectivity index (χ3v) is 1.86. The number of rotatable bonds is 2. The fraction of sp³-hybridized carbons (Fsp3) is 0.750. The summed E-state index contributed by atoms with van der Waals surface area (Å²) in [6.07, 6.45) is -2.03. The second-order valence-electron chi connectivity index (χ2n) is 3.12. The van der Waals surface area contributed by atoms with Crippen molar-refractivity contribution < 1.29 is 8.78 Å². The predicted molar refractivity (Wildman–Crippen MR) is 40.8 cm³/mol. The minimum Gasteiger partial charge on any atom is -0.386 e. The van der Waals surface area contributed by atoms with Gasteiger partial charge in [0.1, 0.15) is 12.3 Å². The molecule has 64 valence electrons. The Morgan fingerprint density at radius 1 is 1.36 bits per heavy atom. The summed E-state index contributed by atoms with van der Waals surface area (Å²) in [6, 6.07) is -0.0579. The Morgan fingerprint density at radius 3 is 2.18 bits per heavy atom. The summed E-state index contributed by atoms with van der Waals surface area (Å²) in [5.41, 5.74) is 0.774. The lowest BCUT2D eigenvalue weighted by Gasteiger charge is -2.11. The Kier molecular flexibility index (Phi) is 2.47. The lowest BCUT2D eigenvalue weighted by Crippen LogP contribution is -2.24. The van der Waals surface area contributed by atoms with E-state index in [9.17, 15) is 8.78 Å². The molecule has 0 amide bonds. The number of hydrogen-bond acceptors (Lipinski definition) is 1. The summed E-state index contributed by atoms with van der Waals surface area (Å²) in [5, 5.41) is 2.93. The molecule has 3 atom stereocenters. The van der Waals surface area contributed by atoms with E-state index in [-0.39, 0.29) is 18.9 Å². The fourth-order valence-electron chi connectivity index (χ4n) is 1.40. The quantitative estimate of drug-likeness (QED) is 0.652. The molecule has 1 fully saturated rings. The van der Waals surface area contributed by atoms with E-state index in [1.54, 1.807) is 6.92 Å². The van der Waals surface area contributed by atoms with Gasteiger partial charge in [0, 0.05) is 24.6 Å². The minimum absolute atomic E-state index is 0.0579. The molecule has 3 heteroatoms. The molecule has 0 heterocycles. The van der Waals surface area contributed by atoms with Gasteiger partial charge in [-0.15, -0.1) is 0 Å². The standard InChI is InChI=1S/C8H13F2N/c1-5(2)11-6-3-7(9)8(10)4-6/h6-8,11H,1,3-4H2,2H3/t6?,7-,8+. The van der Waals surface area contributed by atoms with E-state index in [4.69, 9.17) is 0 Å². The first-order valence-electron chi connectivity index (χ1n) is 3.79. The Labute approximate surface area is 65.5 Å². The van der Waals surface area contributed by atoms with E-state index in [1.807, 2.05) is 0 Å². The molecule has 1 aliphatic carbocycles. The predicted octanol–water partition coefficient (Wildman–Crippen LogP) is 1.95. The van der Waals surface area contributed by atoms with Gasteiger partial charge in [-0.05, 0) is 6.92 Å². The van der Waals surface area contributed by atoms with E-state index >= 15 is 0 Å². The van der Waals surface area contributed by atoms with Crippen molar-refractivity contribution in [1.29, 1.82) is 0 Å². The van der Waals surface area contributed by atoms with Crippen LogP contribution in [-0.2, 0) is 0 Å². The van der Waals surface area contributed by atoms with Crippen LogP contribution in [0.4, 0.5) is 8.78 Å². The molecule has 0 aromatic rings. The van der Waals surface area contributed by atoms with Crippen LogP contribution in [0.25, 0.3) is 0 Å². The Hall–Kier alpha value is -0.600. The van der Waals surface area contributed by atoms with Crippen molar-refractivity contribution in [2.45, 2.75) is 38.2 Å². The maximum absolute atomic E-state index is 12.6. The van der Waals surface area contributed by atoms with Crippen molar-refractivity contribution in [2.24, 2.45) is 0 Å². The Balaban J connectivity index is 2.35. The van der Waals surface area contributed by atoms with Crippen LogP contribution in [0.1, 0.15) is 19.8 Å². The molecular weight excluding hydrogens is 148 g/mol. The molecule has 0 aromatic carbocycles. The third kappa shape index (κ3) is 2.17. The number of nitrogens with one attached hydrogen (secondary N) is 1. The zero-order valence-corrected chi connectivity index (χ0v) is 6.61. The van der Waals surface area contributed by atoms with Gasteiger partial charge in [-0.1, -0.05) is 6.58 Å². The summed E-state index contributed by atoms with van der Waals surface area (Å²) >= 11 is 0. The zero-order valence-electron chi connectivity index (χ0n) is 6.61. The molecule has 0 aliphatic heterocycles. The van der Waals surface area contributed by atoms with Crippen molar-refractivity contribution in [2.75, 3.05) is 0 Å². The topological polar surface area (TPSA) is 12.0 Å². The van der Waals surface area contributed by atoms with Crippen molar-refractivity contribution in [3.05, 3.63) is 12.3 Å². The second-order valence-corrected chi connectivity index (χ2v) is 3.12. The molecule has 11 heavy (non-hydrogen) atoms. The van der Waals surface area contributed by atoms with Gasteiger partial charge in [-0.2, -0.15) is 0 Å². The molecule has 0 spiro atoms. The van der Waals surface area contributed by atoms with Gasteiger partial charge in [0.15, 0.2) is 0 Å². The van der Waals surface area contributed by atoms with E-state index in [0.29, 0.717) is 0 Å². The van der Waals surface area contributed by atoms with E-state index in [2.05, 4.69) is 11.9 Å². The van der Waals surface area contributed by atoms with E-state index in [0.717, 1.165) is 5.70 Å². The maximum atomic E-state index is 12.6. The zero-order chi connectivity index (χ0) is 8.43. The van der Waals surface area contributed by atoms with Gasteiger partial charge in [0.2, 0.25) is 0 Å². The average molecular weight is 161 g/mol. The molecule has 1 saturated carbocycles. The van der Waals surface area contributed by atoms with Gasteiger partial charge in [0.05, 0.1) is 0 Å². The highest BCUT2D eigenvalue weighted by molar-refractivity contribution is 4.95. The van der Waals surface area contributed by atoms with Crippen LogP contribution in [0.15, 0.2) is 12.3 Å². The molecule has 1 unspecified atom stereocenters. The van der Waals surface area contributed by atoms with Gasteiger partial charge >= 0.3 is 0 Å². The molecule has 1 rings (SSSR count). The number of hydrogen-bond donors (Lipinski definition) is 1. The minimum atomic E-state index is -1.29. The lowest BCUT2D eigenvalue weighted by molar-refractivity contribution is 0.199. The Bertz CT molecular complexity index is 148. The molecule has 0 bridgehead atoms. The maximum Gasteiger partial charge on any atom is 0.133 e. The van der Waals surface area contributed by atoms with Crippen LogP contribution in [0.5, 0.6) is 0 Å². The highest BCUT2D eigenvalue weighted by Crippen LogP contribution is 2.25. The summed E-state index contributed by atoms with van der Waals surface area (Å²) in [4.78, 5) is 0. The molecule has 1 N–H and O–H groups in total. The second kappa shape index (κ2) is 3.20. The van der Waals surface area contributed by atoms with Crippen LogP contribution in [-0.4, -0.2) is 18.4 Å². The van der Waals surface area contributed by atoms with Crippen LogP contribution in [0.2, 0.25) is 0 Å². The van der Waals surface area contributed by atoms with Crippen LogP contribution in [0.3, 0.4) is 0 Å². The van der Waals surface area contributed by atoms with E-state index in [1.165, 1.54) is 0 Å². The number of halogens is 2. The van der Waals surface area contributed by atoms with Gasteiger partial charge in [-0.25, -0.2) is 8.78 Å². The SMILES string of the molecule is C=C(C)NC1C[C@@H](F)[C@@H](F)C1. The van der Waals surface area contributed by atoms with Crippen molar-refractivity contribution in [3.63, 3.8) is 0 Å². The molecular formula is C8H13F2N. The molecule has 1 nitrogen and oxygen atoms in total. The highest BCUT2D eigenvalue weighted by atomic mass is 19.2. The van der Waals surface area contributed by atoms with Crippen molar-refractivity contribution in [1.82, 2.24) is 5.32 Å². The fourth-order valence-corrected chi connectivity index (χ4v) is 1.40. The third-order valence-electron chi connectivity index (χ3n) is 1.86. The van der Waals surface area contributed by atoms with E-state index < -0.39 is 12.3 Å². The molecule has 0 aromatic heterocycles. The van der Waals surface area contributed by atoms with Gasteiger partial charge < -0.3 is 5.32 Å². The van der Waals surface area contributed by atoms with Crippen molar-refractivity contribution in [3.8, 4) is 0 Å². The monoisotopic (exact) mass is 161 g/mol. The van der Waals surface area contributed by atoms with Gasteiger partial charge in [0.25, 0.3) is 0 Å². The molecule has 0 radical (unpaired) electrons. The number of allylic oxidation sites excluding steroid dienone is 1. The molecule has 0 saturated heterocycles. The summed E-state index contributed by atoms with van der Waals surface area (Å²) < 4.78 is 25.1. The Morgan fingerprint density at radius 2 is 1.82 bits per heavy atom. The van der Waals surface area contributed by atoms with Crippen LogP contribution in [0, 0.1) is 0 Å². The first-order chi connectivity index (χ1) is 5.09. The van der Waals surface area contributed by atoms with Crippen LogP contribution >= 0.6 is 0 Å². The smallest absolute Gasteiger partial charge is 0.133 e. The summed E-state index contributed by atoms with van der Waals surface area (Å²) in [6.45, 7) is 5.40. The number of alkyl halides is 2. The van der Waals surface area contributed by atoms with Gasteiger partial charge in [-0.3, -0.25) is 0 Å². The largest absolute Gasteiger partial charge is 0.386 e. The van der Waals surface area contributed by atoms with Crippen molar-refractivity contribution >= 4 is 0 Å².